The molecule has 0 spiro atoms. The Hall–Kier alpha value is -3.07. The van der Waals surface area contributed by atoms with E-state index in [-0.39, 0.29) is 0 Å². The van der Waals surface area contributed by atoms with Gasteiger partial charge in [-0.15, -0.1) is 0 Å². The fourth-order valence-electron chi connectivity index (χ4n) is 2.88. The molecule has 2 aromatic heterocycles. The van der Waals surface area contributed by atoms with Crippen LogP contribution in [-0.4, -0.2) is 4.40 Å². The summed E-state index contributed by atoms with van der Waals surface area (Å²) < 4.78 is 10.4. The van der Waals surface area contributed by atoms with Gasteiger partial charge < -0.3 is 4.74 Å². The Morgan fingerprint density at radius 3 is 2.21 bits per heavy atom. The lowest BCUT2D eigenvalue weighted by atomic mass is 10.2. The number of fused-ring (bicyclic) bond motifs is 1. The van der Waals surface area contributed by atoms with Crippen LogP contribution >= 0.6 is 0 Å². The van der Waals surface area contributed by atoms with Gasteiger partial charge in [0.2, 0.25) is 5.75 Å². The smallest absolute Gasteiger partial charge is 0.329 e. The topological polar surface area (TPSA) is 17.5 Å². The van der Waals surface area contributed by atoms with Gasteiger partial charge in [-0.2, -0.15) is 4.40 Å². The molecule has 0 aliphatic rings. The minimum atomic E-state index is 0.566. The molecule has 118 valence electrons. The molecule has 24 heavy (non-hydrogen) atoms. The first-order valence-electron chi connectivity index (χ1n) is 8.10. The maximum absolute atomic E-state index is 6.10. The van der Waals surface area contributed by atoms with Crippen LogP contribution in [0.4, 0.5) is 0 Å². The molecule has 0 aliphatic carbocycles. The van der Waals surface area contributed by atoms with Crippen molar-refractivity contribution in [2.45, 2.75) is 13.2 Å². The first-order valence-corrected chi connectivity index (χ1v) is 8.10. The Bertz CT molecular complexity index is 930. The Labute approximate surface area is 141 Å². The molecule has 3 nitrogen and oxygen atoms in total. The quantitative estimate of drug-likeness (QED) is 0.511. The third kappa shape index (κ3) is 3.01. The number of hydrogen-bond acceptors (Lipinski definition) is 1. The van der Waals surface area contributed by atoms with E-state index in [4.69, 9.17) is 4.74 Å². The minimum absolute atomic E-state index is 0.566. The number of pyridine rings is 1. The molecular formula is C21H19N2O+. The first-order chi connectivity index (χ1) is 11.9. The number of aromatic nitrogens is 2. The van der Waals surface area contributed by atoms with Crippen molar-refractivity contribution < 1.29 is 9.30 Å². The predicted molar refractivity (Wildman–Crippen MR) is 93.9 cm³/mol. The standard InChI is InChI=1S/C21H19N2O/c1-3-8-18(9-4-1)16-23-15-14-22-13-7-12-20(21(22)23)24-17-19-10-5-2-6-11-19/h1-15H,16-17H2/q+1. The average molecular weight is 315 g/mol. The van der Waals surface area contributed by atoms with Crippen LogP contribution in [0, 0.1) is 0 Å². The van der Waals surface area contributed by atoms with Gasteiger partial charge in [0.1, 0.15) is 25.5 Å². The van der Waals surface area contributed by atoms with Crippen LogP contribution in [0.5, 0.6) is 5.75 Å². The molecule has 0 amide bonds. The molecule has 0 aliphatic heterocycles. The van der Waals surface area contributed by atoms with Crippen LogP contribution in [0.15, 0.2) is 91.4 Å². The van der Waals surface area contributed by atoms with Crippen molar-refractivity contribution in [3.8, 4) is 5.75 Å². The summed E-state index contributed by atoms with van der Waals surface area (Å²) in [6, 6.07) is 24.8. The van der Waals surface area contributed by atoms with Gasteiger partial charge in [0, 0.05) is 0 Å². The molecule has 0 bridgehead atoms. The molecule has 0 unspecified atom stereocenters. The van der Waals surface area contributed by atoms with E-state index in [2.05, 4.69) is 57.8 Å². The van der Waals surface area contributed by atoms with Gasteiger partial charge in [-0.25, -0.2) is 4.57 Å². The summed E-state index contributed by atoms with van der Waals surface area (Å²) in [5.41, 5.74) is 3.51. The molecule has 0 radical (unpaired) electrons. The highest BCUT2D eigenvalue weighted by atomic mass is 16.5. The van der Waals surface area contributed by atoms with Gasteiger partial charge in [0.25, 0.3) is 0 Å². The predicted octanol–water partition coefficient (Wildman–Crippen LogP) is 3.85. The van der Waals surface area contributed by atoms with Crippen molar-refractivity contribution in [1.29, 1.82) is 0 Å². The van der Waals surface area contributed by atoms with Crippen LogP contribution in [0.25, 0.3) is 5.65 Å². The largest absolute Gasteiger partial charge is 0.481 e. The minimum Gasteiger partial charge on any atom is -0.481 e. The second kappa shape index (κ2) is 6.59. The number of benzene rings is 2. The van der Waals surface area contributed by atoms with E-state index in [0.717, 1.165) is 17.9 Å². The van der Waals surface area contributed by atoms with Crippen molar-refractivity contribution in [2.75, 3.05) is 0 Å². The number of nitrogens with zero attached hydrogens (tertiary/aromatic N) is 2. The van der Waals surface area contributed by atoms with Gasteiger partial charge in [0.05, 0.1) is 6.20 Å². The highest BCUT2D eigenvalue weighted by Gasteiger charge is 2.16. The molecule has 0 fully saturated rings. The van der Waals surface area contributed by atoms with Gasteiger partial charge in [-0.05, 0) is 23.3 Å². The zero-order valence-electron chi connectivity index (χ0n) is 13.4. The lowest BCUT2D eigenvalue weighted by Crippen LogP contribution is -2.33. The van der Waals surface area contributed by atoms with Crippen molar-refractivity contribution in [1.82, 2.24) is 4.40 Å². The molecule has 4 rings (SSSR count). The summed E-state index contributed by atoms with van der Waals surface area (Å²) in [5.74, 6) is 0.891. The van der Waals surface area contributed by atoms with Crippen molar-refractivity contribution in [3.63, 3.8) is 0 Å². The van der Waals surface area contributed by atoms with Crippen molar-refractivity contribution >= 4 is 5.65 Å². The zero-order valence-corrected chi connectivity index (χ0v) is 13.4. The van der Waals surface area contributed by atoms with Crippen LogP contribution in [0.1, 0.15) is 11.1 Å². The summed E-state index contributed by atoms with van der Waals surface area (Å²) in [6.45, 7) is 1.39. The van der Waals surface area contributed by atoms with Gasteiger partial charge in [-0.3, -0.25) is 0 Å². The van der Waals surface area contributed by atoms with E-state index in [1.165, 1.54) is 11.1 Å². The number of hydrogen-bond donors (Lipinski definition) is 0. The van der Waals surface area contributed by atoms with Gasteiger partial charge >= 0.3 is 5.65 Å². The van der Waals surface area contributed by atoms with Crippen LogP contribution in [-0.2, 0) is 13.2 Å². The molecule has 0 saturated heterocycles. The molecule has 0 N–H and O–H groups in total. The molecule has 2 aromatic carbocycles. The van der Waals surface area contributed by atoms with Crippen LogP contribution < -0.4 is 9.30 Å². The summed E-state index contributed by atoms with van der Waals surface area (Å²) in [4.78, 5) is 0. The molecular weight excluding hydrogens is 296 g/mol. The highest BCUT2D eigenvalue weighted by molar-refractivity contribution is 5.49. The Morgan fingerprint density at radius 2 is 1.46 bits per heavy atom. The fourth-order valence-corrected chi connectivity index (χ4v) is 2.88. The normalized spacial score (nSPS) is 10.8. The summed E-state index contributed by atoms with van der Waals surface area (Å²) in [6.07, 6.45) is 6.21. The van der Waals surface area contributed by atoms with Crippen molar-refractivity contribution in [3.05, 3.63) is 103 Å². The van der Waals surface area contributed by atoms with Crippen molar-refractivity contribution in [2.24, 2.45) is 0 Å². The lowest BCUT2D eigenvalue weighted by molar-refractivity contribution is -0.662. The number of rotatable bonds is 5. The van der Waals surface area contributed by atoms with E-state index in [0.29, 0.717) is 6.61 Å². The summed E-state index contributed by atoms with van der Waals surface area (Å²) in [5, 5.41) is 0. The SMILES string of the molecule is c1ccc(COc2cccn3cc[n+](Cc4ccccc4)c23)cc1. The molecule has 3 heteroatoms. The zero-order chi connectivity index (χ0) is 16.2. The fraction of sp³-hybridized carbons (Fsp3) is 0.0952. The second-order valence-corrected chi connectivity index (χ2v) is 5.79. The maximum atomic E-state index is 6.10. The monoisotopic (exact) mass is 315 g/mol. The highest BCUT2D eigenvalue weighted by Crippen LogP contribution is 2.18. The lowest BCUT2D eigenvalue weighted by Gasteiger charge is -2.07. The number of ether oxygens (including phenoxy) is 1. The average Bonchev–Trinajstić information content (AvgIpc) is 3.05. The van der Waals surface area contributed by atoms with E-state index < -0.39 is 0 Å². The van der Waals surface area contributed by atoms with E-state index in [1.807, 2.05) is 42.6 Å². The third-order valence-corrected chi connectivity index (χ3v) is 4.07. The molecule has 4 aromatic rings. The Balaban J connectivity index is 1.64. The molecule has 2 heterocycles. The van der Waals surface area contributed by atoms with E-state index in [1.54, 1.807) is 0 Å². The summed E-state index contributed by atoms with van der Waals surface area (Å²) >= 11 is 0. The van der Waals surface area contributed by atoms with Crippen LogP contribution in [0.2, 0.25) is 0 Å². The maximum Gasteiger partial charge on any atom is 0.329 e. The Morgan fingerprint density at radius 1 is 0.750 bits per heavy atom. The first kappa shape index (κ1) is 14.5. The Kier molecular flexibility index (Phi) is 3.98. The molecule has 0 saturated carbocycles. The van der Waals surface area contributed by atoms with Crippen LogP contribution in [0.3, 0.4) is 0 Å². The second-order valence-electron chi connectivity index (χ2n) is 5.79. The van der Waals surface area contributed by atoms with Gasteiger partial charge in [0.15, 0.2) is 0 Å². The molecule has 0 atom stereocenters. The van der Waals surface area contributed by atoms with E-state index >= 15 is 0 Å². The third-order valence-electron chi connectivity index (χ3n) is 4.07. The van der Waals surface area contributed by atoms with E-state index in [9.17, 15) is 0 Å². The number of imidazole rings is 1. The summed E-state index contributed by atoms with van der Waals surface area (Å²) in [7, 11) is 0. The van der Waals surface area contributed by atoms with Gasteiger partial charge in [-0.1, -0.05) is 60.7 Å².